The van der Waals surface area contributed by atoms with E-state index in [0.29, 0.717) is 18.3 Å². The van der Waals surface area contributed by atoms with Crippen LogP contribution in [0.1, 0.15) is 12.5 Å². The van der Waals surface area contributed by atoms with Gasteiger partial charge in [-0.2, -0.15) is 26.3 Å². The van der Waals surface area contributed by atoms with Crippen LogP contribution < -0.4 is 10.1 Å². The molecule has 0 aliphatic carbocycles. The lowest BCUT2D eigenvalue weighted by molar-refractivity contribution is -0.165. The van der Waals surface area contributed by atoms with Crippen molar-refractivity contribution in [1.82, 2.24) is 4.98 Å². The standard InChI is InChI=1S/C17H11ClF6N2O2/c1-9(6-14(27)17(22,23)24)26-12-4-2-3-5-13(12)28-15-11(18)7-10(8-25-15)16(19,20)21/h2-8,26H,1H3/b9-6-. The van der Waals surface area contributed by atoms with E-state index in [4.69, 9.17) is 16.3 Å². The maximum Gasteiger partial charge on any atom is 0.454 e. The Balaban J connectivity index is 2.26. The Hall–Kier alpha value is -2.75. The van der Waals surface area contributed by atoms with Crippen molar-refractivity contribution < 1.29 is 35.9 Å². The number of para-hydroxylation sites is 2. The van der Waals surface area contributed by atoms with Gasteiger partial charge in [-0.05, 0) is 25.1 Å². The highest BCUT2D eigenvalue weighted by Gasteiger charge is 2.36. The predicted molar refractivity (Wildman–Crippen MR) is 89.2 cm³/mol. The molecule has 1 heterocycles. The van der Waals surface area contributed by atoms with E-state index in [1.165, 1.54) is 31.2 Å². The molecule has 1 N–H and O–H groups in total. The van der Waals surface area contributed by atoms with Crippen LogP contribution in [0.25, 0.3) is 0 Å². The fraction of sp³-hybridized carbons (Fsp3) is 0.176. The summed E-state index contributed by atoms with van der Waals surface area (Å²) in [5.74, 6) is -2.37. The molecule has 28 heavy (non-hydrogen) atoms. The highest BCUT2D eigenvalue weighted by molar-refractivity contribution is 6.31. The third-order valence-electron chi connectivity index (χ3n) is 3.19. The van der Waals surface area contributed by atoms with Gasteiger partial charge in [0, 0.05) is 18.0 Å². The van der Waals surface area contributed by atoms with E-state index in [9.17, 15) is 31.1 Å². The summed E-state index contributed by atoms with van der Waals surface area (Å²) in [6.07, 6.45) is -8.76. The van der Waals surface area contributed by atoms with Gasteiger partial charge in [-0.15, -0.1) is 0 Å². The lowest BCUT2D eigenvalue weighted by Crippen LogP contribution is -2.21. The lowest BCUT2D eigenvalue weighted by atomic mass is 10.2. The molecule has 0 aliphatic rings. The van der Waals surface area contributed by atoms with E-state index in [-0.39, 0.29) is 23.0 Å². The van der Waals surface area contributed by atoms with E-state index < -0.39 is 28.7 Å². The highest BCUT2D eigenvalue weighted by atomic mass is 35.5. The Morgan fingerprint density at radius 3 is 2.39 bits per heavy atom. The number of alkyl halides is 6. The molecule has 0 fully saturated rings. The third-order valence-corrected chi connectivity index (χ3v) is 3.46. The average Bonchev–Trinajstić information content (AvgIpc) is 2.56. The SMILES string of the molecule is C/C(=C/C(=O)C(F)(F)F)Nc1ccccc1Oc1ncc(C(F)(F)F)cc1Cl. The van der Waals surface area contributed by atoms with Crippen LogP contribution in [-0.2, 0) is 11.0 Å². The van der Waals surface area contributed by atoms with E-state index in [1.54, 1.807) is 0 Å². The number of ether oxygens (including phenoxy) is 1. The molecule has 0 saturated carbocycles. The van der Waals surface area contributed by atoms with Crippen LogP contribution in [0.3, 0.4) is 0 Å². The van der Waals surface area contributed by atoms with Crippen molar-refractivity contribution in [2.75, 3.05) is 5.32 Å². The summed E-state index contributed by atoms with van der Waals surface area (Å²) in [5, 5.41) is 2.14. The molecule has 150 valence electrons. The number of carbonyl (C=O) groups is 1. The minimum Gasteiger partial charge on any atom is -0.435 e. The molecule has 0 amide bonds. The third kappa shape index (κ3) is 5.62. The highest BCUT2D eigenvalue weighted by Crippen LogP contribution is 2.36. The number of nitrogens with zero attached hydrogens (tertiary/aromatic N) is 1. The Morgan fingerprint density at radius 1 is 1.18 bits per heavy atom. The molecule has 0 aliphatic heterocycles. The first kappa shape index (κ1) is 21.5. The molecule has 0 bridgehead atoms. The summed E-state index contributed by atoms with van der Waals surface area (Å²) in [6.45, 7) is 1.23. The lowest BCUT2D eigenvalue weighted by Gasteiger charge is -2.14. The van der Waals surface area contributed by atoms with Crippen LogP contribution in [0.2, 0.25) is 5.02 Å². The van der Waals surface area contributed by atoms with Gasteiger partial charge < -0.3 is 10.1 Å². The summed E-state index contributed by atoms with van der Waals surface area (Å²) < 4.78 is 80.3. The molecule has 2 aromatic rings. The number of ketones is 1. The van der Waals surface area contributed by atoms with Crippen molar-refractivity contribution in [3.63, 3.8) is 0 Å². The zero-order valence-electron chi connectivity index (χ0n) is 14.0. The van der Waals surface area contributed by atoms with E-state index >= 15 is 0 Å². The van der Waals surface area contributed by atoms with Gasteiger partial charge in [0.2, 0.25) is 5.88 Å². The Labute approximate surface area is 159 Å². The summed E-state index contributed by atoms with van der Waals surface area (Å²) in [5.41, 5.74) is -1.06. The Morgan fingerprint density at radius 2 is 1.82 bits per heavy atom. The zero-order chi connectivity index (χ0) is 21.1. The number of allylic oxidation sites excluding steroid dienone is 2. The van der Waals surface area contributed by atoms with Crippen LogP contribution in [0, 0.1) is 0 Å². The molecule has 4 nitrogen and oxygen atoms in total. The van der Waals surface area contributed by atoms with Crippen molar-refractivity contribution in [3.8, 4) is 11.6 Å². The summed E-state index contributed by atoms with van der Waals surface area (Å²) in [7, 11) is 0. The largest absolute Gasteiger partial charge is 0.454 e. The molecule has 1 aromatic carbocycles. The van der Waals surface area contributed by atoms with Gasteiger partial charge in [0.05, 0.1) is 11.3 Å². The Kier molecular flexibility index (Phi) is 6.23. The van der Waals surface area contributed by atoms with Crippen LogP contribution in [0.4, 0.5) is 32.0 Å². The first-order valence-electron chi connectivity index (χ1n) is 7.44. The fourth-order valence-electron chi connectivity index (χ4n) is 1.95. The normalized spacial score (nSPS) is 12.6. The first-order valence-corrected chi connectivity index (χ1v) is 7.82. The van der Waals surface area contributed by atoms with Gasteiger partial charge in [0.25, 0.3) is 5.78 Å². The maximum atomic E-state index is 12.7. The average molecular weight is 425 g/mol. The molecule has 0 atom stereocenters. The van der Waals surface area contributed by atoms with Gasteiger partial charge in [-0.1, -0.05) is 23.7 Å². The fourth-order valence-corrected chi connectivity index (χ4v) is 2.15. The number of anilines is 1. The van der Waals surface area contributed by atoms with Crippen LogP contribution in [0.15, 0.2) is 48.3 Å². The summed E-state index contributed by atoms with van der Waals surface area (Å²) in [6, 6.07) is 6.47. The Bertz CT molecular complexity index is 909. The number of benzene rings is 1. The van der Waals surface area contributed by atoms with E-state index in [2.05, 4.69) is 10.3 Å². The summed E-state index contributed by atoms with van der Waals surface area (Å²) in [4.78, 5) is 14.5. The van der Waals surface area contributed by atoms with Gasteiger partial charge >= 0.3 is 12.4 Å². The first-order chi connectivity index (χ1) is 12.9. The van der Waals surface area contributed by atoms with Crippen molar-refractivity contribution in [3.05, 3.63) is 58.9 Å². The zero-order valence-corrected chi connectivity index (χ0v) is 14.7. The number of hydrogen-bond donors (Lipinski definition) is 1. The van der Waals surface area contributed by atoms with Crippen molar-refractivity contribution >= 4 is 23.1 Å². The number of carbonyl (C=O) groups excluding carboxylic acids is 1. The number of nitrogens with one attached hydrogen (secondary N) is 1. The van der Waals surface area contributed by atoms with Crippen molar-refractivity contribution in [2.24, 2.45) is 0 Å². The van der Waals surface area contributed by atoms with Gasteiger partial charge in [-0.3, -0.25) is 4.79 Å². The number of aromatic nitrogens is 1. The number of halogens is 7. The molecule has 1 aromatic heterocycles. The van der Waals surface area contributed by atoms with Gasteiger partial charge in [-0.25, -0.2) is 4.98 Å². The molecule has 0 saturated heterocycles. The predicted octanol–water partition coefficient (Wildman–Crippen LogP) is 5.99. The second-order valence-corrected chi connectivity index (χ2v) is 5.83. The van der Waals surface area contributed by atoms with E-state index in [1.807, 2.05) is 0 Å². The molecular weight excluding hydrogens is 414 g/mol. The second kappa shape index (κ2) is 8.09. The number of hydrogen-bond acceptors (Lipinski definition) is 4. The molecule has 0 radical (unpaired) electrons. The quantitative estimate of drug-likeness (QED) is 0.473. The second-order valence-electron chi connectivity index (χ2n) is 5.42. The molecule has 11 heteroatoms. The topological polar surface area (TPSA) is 51.2 Å². The van der Waals surface area contributed by atoms with Crippen LogP contribution in [0.5, 0.6) is 11.6 Å². The van der Waals surface area contributed by atoms with Gasteiger partial charge in [0.1, 0.15) is 5.02 Å². The monoisotopic (exact) mass is 424 g/mol. The number of pyridine rings is 1. The van der Waals surface area contributed by atoms with Crippen molar-refractivity contribution in [2.45, 2.75) is 19.3 Å². The smallest absolute Gasteiger partial charge is 0.435 e. The van der Waals surface area contributed by atoms with Crippen LogP contribution in [-0.4, -0.2) is 16.9 Å². The molecular formula is C17H11ClF6N2O2. The van der Waals surface area contributed by atoms with Crippen molar-refractivity contribution in [1.29, 1.82) is 0 Å². The molecule has 0 spiro atoms. The van der Waals surface area contributed by atoms with E-state index in [0.717, 1.165) is 0 Å². The molecule has 2 rings (SSSR count). The minimum absolute atomic E-state index is 0.0175. The van der Waals surface area contributed by atoms with Crippen LogP contribution >= 0.6 is 11.6 Å². The minimum atomic E-state index is -5.02. The molecule has 0 unspecified atom stereocenters. The van der Waals surface area contributed by atoms with Gasteiger partial charge in [0.15, 0.2) is 5.75 Å². The summed E-state index contributed by atoms with van der Waals surface area (Å²) >= 11 is 5.77. The number of rotatable bonds is 5. The maximum absolute atomic E-state index is 12.7.